The number of fused-ring (bicyclic) bond motifs is 1. The summed E-state index contributed by atoms with van der Waals surface area (Å²) < 4.78 is 40.1. The second-order valence-corrected chi connectivity index (χ2v) is 6.60. The van der Waals surface area contributed by atoms with Gasteiger partial charge in [-0.2, -0.15) is 13.2 Å². The summed E-state index contributed by atoms with van der Waals surface area (Å²) in [6, 6.07) is 17.5. The van der Waals surface area contributed by atoms with Crippen LogP contribution in [0.4, 0.5) is 18.9 Å². The zero-order valence-electron chi connectivity index (χ0n) is 15.3. The molecule has 4 aromatic rings. The molecule has 0 aliphatic carbocycles. The van der Waals surface area contributed by atoms with Crippen LogP contribution in [0.1, 0.15) is 21.5 Å². The molecule has 4 nitrogen and oxygen atoms in total. The highest BCUT2D eigenvalue weighted by Gasteiger charge is 2.34. The summed E-state index contributed by atoms with van der Waals surface area (Å²) >= 11 is 0. The molecule has 0 fully saturated rings. The highest BCUT2D eigenvalue weighted by Crippen LogP contribution is 2.36. The Hall–Kier alpha value is -3.61. The van der Waals surface area contributed by atoms with Gasteiger partial charge in [-0.1, -0.05) is 42.5 Å². The lowest BCUT2D eigenvalue weighted by molar-refractivity contribution is -0.137. The number of benzene rings is 3. The van der Waals surface area contributed by atoms with E-state index in [-0.39, 0.29) is 22.9 Å². The zero-order chi connectivity index (χ0) is 20.6. The second-order valence-electron chi connectivity index (χ2n) is 6.60. The Morgan fingerprint density at radius 3 is 2.45 bits per heavy atom. The van der Waals surface area contributed by atoms with Crippen molar-refractivity contribution in [3.63, 3.8) is 0 Å². The molecule has 1 amide bonds. The molecule has 1 aromatic heterocycles. The van der Waals surface area contributed by atoms with Gasteiger partial charge in [0, 0.05) is 11.3 Å². The predicted molar refractivity (Wildman–Crippen MR) is 106 cm³/mol. The number of aryl methyl sites for hydroxylation is 1. The van der Waals surface area contributed by atoms with Crippen LogP contribution >= 0.6 is 0 Å². The lowest BCUT2D eigenvalue weighted by Gasteiger charge is -2.10. The van der Waals surface area contributed by atoms with Gasteiger partial charge >= 0.3 is 6.18 Å². The van der Waals surface area contributed by atoms with E-state index < -0.39 is 11.7 Å². The van der Waals surface area contributed by atoms with Gasteiger partial charge < -0.3 is 10.3 Å². The first-order chi connectivity index (χ1) is 13.8. The first-order valence-corrected chi connectivity index (χ1v) is 8.87. The maximum Gasteiger partial charge on any atom is 0.417 e. The molecule has 0 unspecified atom stereocenters. The van der Waals surface area contributed by atoms with E-state index in [0.29, 0.717) is 16.7 Å². The van der Waals surface area contributed by atoms with Gasteiger partial charge in [0.2, 0.25) is 0 Å². The number of aromatic amines is 1. The monoisotopic (exact) mass is 395 g/mol. The number of imidazole rings is 1. The van der Waals surface area contributed by atoms with E-state index in [9.17, 15) is 18.0 Å². The van der Waals surface area contributed by atoms with Crippen molar-refractivity contribution >= 4 is 22.6 Å². The summed E-state index contributed by atoms with van der Waals surface area (Å²) in [5.41, 5.74) is 1.77. The van der Waals surface area contributed by atoms with E-state index in [0.717, 1.165) is 11.6 Å². The molecule has 0 saturated heterocycles. The molecule has 29 heavy (non-hydrogen) atoms. The van der Waals surface area contributed by atoms with E-state index in [1.807, 2.05) is 25.1 Å². The van der Waals surface area contributed by atoms with Crippen LogP contribution in [0.2, 0.25) is 0 Å². The minimum atomic E-state index is -4.51. The average Bonchev–Trinajstić information content (AvgIpc) is 3.13. The van der Waals surface area contributed by atoms with E-state index >= 15 is 0 Å². The van der Waals surface area contributed by atoms with Crippen LogP contribution in [0.25, 0.3) is 22.4 Å². The standard InChI is InChI=1S/C22H16F3N3O/c1-13-7-2-5-11-17(13)27-21(29)15-9-6-12-18-19(15)28-20(26-18)14-8-3-4-10-16(14)22(23,24)25/h2-12H,1H3,(H,26,28)(H,27,29). The summed E-state index contributed by atoms with van der Waals surface area (Å²) in [6.45, 7) is 1.87. The van der Waals surface area contributed by atoms with Crippen molar-refractivity contribution in [3.8, 4) is 11.4 Å². The molecule has 4 rings (SSSR count). The number of carbonyl (C=O) groups excluding carboxylic acids is 1. The van der Waals surface area contributed by atoms with Crippen molar-refractivity contribution in [2.24, 2.45) is 0 Å². The Kier molecular flexibility index (Phi) is 4.58. The number of nitrogens with one attached hydrogen (secondary N) is 2. The first kappa shape index (κ1) is 18.7. The van der Waals surface area contributed by atoms with Crippen molar-refractivity contribution in [1.82, 2.24) is 9.97 Å². The van der Waals surface area contributed by atoms with Crippen LogP contribution in [-0.4, -0.2) is 15.9 Å². The Morgan fingerprint density at radius 2 is 1.69 bits per heavy atom. The second kappa shape index (κ2) is 7.09. The number of rotatable bonds is 3. The third kappa shape index (κ3) is 3.59. The average molecular weight is 395 g/mol. The highest BCUT2D eigenvalue weighted by molar-refractivity contribution is 6.12. The number of aromatic nitrogens is 2. The van der Waals surface area contributed by atoms with Gasteiger partial charge in [0.25, 0.3) is 5.91 Å². The number of anilines is 1. The van der Waals surface area contributed by atoms with Crippen LogP contribution in [0, 0.1) is 6.92 Å². The number of para-hydroxylation sites is 2. The minimum absolute atomic E-state index is 0.0593. The fourth-order valence-electron chi connectivity index (χ4n) is 3.18. The van der Waals surface area contributed by atoms with Crippen LogP contribution in [0.15, 0.2) is 66.7 Å². The normalized spacial score (nSPS) is 11.6. The van der Waals surface area contributed by atoms with E-state index in [2.05, 4.69) is 15.3 Å². The lowest BCUT2D eigenvalue weighted by Crippen LogP contribution is -2.13. The SMILES string of the molecule is Cc1ccccc1NC(=O)c1cccc2[nH]c(-c3ccccc3C(F)(F)F)nc12. The molecule has 146 valence electrons. The van der Waals surface area contributed by atoms with Gasteiger partial charge in [0.1, 0.15) is 11.3 Å². The first-order valence-electron chi connectivity index (χ1n) is 8.87. The molecule has 0 bridgehead atoms. The Labute approximate surface area is 164 Å². The predicted octanol–water partition coefficient (Wildman–Crippen LogP) is 5.81. The van der Waals surface area contributed by atoms with Crippen LogP contribution < -0.4 is 5.32 Å². The van der Waals surface area contributed by atoms with Gasteiger partial charge in [-0.05, 0) is 36.8 Å². The van der Waals surface area contributed by atoms with E-state index in [1.165, 1.54) is 18.2 Å². The summed E-state index contributed by atoms with van der Waals surface area (Å²) in [6.07, 6.45) is -4.51. The lowest BCUT2D eigenvalue weighted by atomic mass is 10.1. The highest BCUT2D eigenvalue weighted by atomic mass is 19.4. The Bertz CT molecular complexity index is 1210. The third-order valence-electron chi connectivity index (χ3n) is 4.64. The molecule has 0 aliphatic heterocycles. The third-order valence-corrected chi connectivity index (χ3v) is 4.64. The molecule has 2 N–H and O–H groups in total. The Balaban J connectivity index is 1.78. The summed E-state index contributed by atoms with van der Waals surface area (Å²) in [5.74, 6) is -0.323. The van der Waals surface area contributed by atoms with Crippen LogP contribution in [0.5, 0.6) is 0 Å². The minimum Gasteiger partial charge on any atom is -0.338 e. The fraction of sp³-hybridized carbons (Fsp3) is 0.0909. The molecule has 0 spiro atoms. The smallest absolute Gasteiger partial charge is 0.338 e. The van der Waals surface area contributed by atoms with Crippen LogP contribution in [0.3, 0.4) is 0 Å². The molecule has 0 aliphatic rings. The Morgan fingerprint density at radius 1 is 0.966 bits per heavy atom. The molecule has 7 heteroatoms. The topological polar surface area (TPSA) is 57.8 Å². The van der Waals surface area contributed by atoms with Gasteiger partial charge in [0.15, 0.2) is 0 Å². The van der Waals surface area contributed by atoms with E-state index in [1.54, 1.807) is 24.3 Å². The molecule has 0 atom stereocenters. The molecule has 0 saturated carbocycles. The van der Waals surface area contributed by atoms with Crippen molar-refractivity contribution in [1.29, 1.82) is 0 Å². The summed E-state index contributed by atoms with van der Waals surface area (Å²) in [7, 11) is 0. The van der Waals surface area contributed by atoms with Crippen molar-refractivity contribution < 1.29 is 18.0 Å². The quantitative estimate of drug-likeness (QED) is 0.460. The van der Waals surface area contributed by atoms with Crippen molar-refractivity contribution in [2.75, 3.05) is 5.32 Å². The molecule has 3 aromatic carbocycles. The maximum absolute atomic E-state index is 13.4. The van der Waals surface area contributed by atoms with Gasteiger partial charge in [0.05, 0.1) is 16.6 Å². The number of hydrogen-bond acceptors (Lipinski definition) is 2. The number of halogens is 3. The van der Waals surface area contributed by atoms with Gasteiger partial charge in [-0.3, -0.25) is 4.79 Å². The number of carbonyl (C=O) groups is 1. The number of alkyl halides is 3. The molecular weight excluding hydrogens is 379 g/mol. The fourth-order valence-corrected chi connectivity index (χ4v) is 3.18. The van der Waals surface area contributed by atoms with Crippen molar-refractivity contribution in [2.45, 2.75) is 13.1 Å². The zero-order valence-corrected chi connectivity index (χ0v) is 15.3. The summed E-state index contributed by atoms with van der Waals surface area (Å²) in [5, 5.41) is 2.83. The number of H-pyrrole nitrogens is 1. The number of hydrogen-bond donors (Lipinski definition) is 2. The van der Waals surface area contributed by atoms with Gasteiger partial charge in [-0.25, -0.2) is 4.98 Å². The van der Waals surface area contributed by atoms with Gasteiger partial charge in [-0.15, -0.1) is 0 Å². The number of amides is 1. The maximum atomic E-state index is 13.4. The van der Waals surface area contributed by atoms with Crippen LogP contribution in [-0.2, 0) is 6.18 Å². The molecule has 1 heterocycles. The molecular formula is C22H16F3N3O. The van der Waals surface area contributed by atoms with E-state index in [4.69, 9.17) is 0 Å². The largest absolute Gasteiger partial charge is 0.417 e. The number of nitrogens with zero attached hydrogens (tertiary/aromatic N) is 1. The van der Waals surface area contributed by atoms with Crippen molar-refractivity contribution in [3.05, 3.63) is 83.4 Å². The molecule has 0 radical (unpaired) electrons. The summed E-state index contributed by atoms with van der Waals surface area (Å²) in [4.78, 5) is 20.0.